The molecule has 0 N–H and O–H groups in total. The van der Waals surface area contributed by atoms with Gasteiger partial charge in [-0.2, -0.15) is 0 Å². The SMILES string of the molecule is CC(C)CN(CCC(=O)N1CCC(C)CC1)S(C)(=O)=O. The van der Waals surface area contributed by atoms with Crippen molar-refractivity contribution in [2.24, 2.45) is 11.8 Å². The number of piperidine rings is 1. The van der Waals surface area contributed by atoms with Crippen molar-refractivity contribution >= 4 is 15.9 Å². The van der Waals surface area contributed by atoms with Crippen LogP contribution in [0.4, 0.5) is 0 Å². The first kappa shape index (κ1) is 17.4. The summed E-state index contributed by atoms with van der Waals surface area (Å²) in [6.07, 6.45) is 3.59. The Morgan fingerprint density at radius 1 is 1.30 bits per heavy atom. The number of hydrogen-bond donors (Lipinski definition) is 0. The van der Waals surface area contributed by atoms with Gasteiger partial charge < -0.3 is 4.90 Å². The van der Waals surface area contributed by atoms with Crippen LogP contribution in [0.25, 0.3) is 0 Å². The van der Waals surface area contributed by atoms with Crippen LogP contribution in [0.5, 0.6) is 0 Å². The van der Waals surface area contributed by atoms with Gasteiger partial charge in [0, 0.05) is 32.6 Å². The van der Waals surface area contributed by atoms with E-state index in [1.54, 1.807) is 0 Å². The van der Waals surface area contributed by atoms with E-state index in [4.69, 9.17) is 0 Å². The molecule has 0 aliphatic carbocycles. The molecule has 1 rings (SSSR count). The van der Waals surface area contributed by atoms with Gasteiger partial charge in [0.2, 0.25) is 15.9 Å². The smallest absolute Gasteiger partial charge is 0.223 e. The molecule has 0 radical (unpaired) electrons. The Morgan fingerprint density at radius 2 is 1.85 bits per heavy atom. The molecule has 5 nitrogen and oxygen atoms in total. The molecule has 0 aromatic carbocycles. The first-order valence-electron chi connectivity index (χ1n) is 7.43. The van der Waals surface area contributed by atoms with Gasteiger partial charge in [-0.1, -0.05) is 20.8 Å². The van der Waals surface area contributed by atoms with E-state index >= 15 is 0 Å². The van der Waals surface area contributed by atoms with E-state index in [0.29, 0.717) is 19.0 Å². The Morgan fingerprint density at radius 3 is 2.30 bits per heavy atom. The minimum absolute atomic E-state index is 0.0781. The zero-order valence-corrected chi connectivity index (χ0v) is 13.9. The van der Waals surface area contributed by atoms with Crippen LogP contribution in [-0.4, -0.2) is 56.0 Å². The van der Waals surface area contributed by atoms with Crippen LogP contribution >= 0.6 is 0 Å². The number of likely N-dealkylation sites (tertiary alicyclic amines) is 1. The summed E-state index contributed by atoms with van der Waals surface area (Å²) >= 11 is 0. The van der Waals surface area contributed by atoms with Crippen molar-refractivity contribution in [3.05, 3.63) is 0 Å². The zero-order valence-electron chi connectivity index (χ0n) is 13.1. The predicted molar refractivity (Wildman–Crippen MR) is 80.8 cm³/mol. The first-order chi connectivity index (χ1) is 9.20. The third-order valence-electron chi connectivity index (χ3n) is 3.75. The van der Waals surface area contributed by atoms with Crippen LogP contribution in [0.2, 0.25) is 0 Å². The maximum atomic E-state index is 12.1. The lowest BCUT2D eigenvalue weighted by Crippen LogP contribution is -2.41. The van der Waals surface area contributed by atoms with Crippen molar-refractivity contribution in [3.8, 4) is 0 Å². The lowest BCUT2D eigenvalue weighted by Gasteiger charge is -2.31. The molecule has 1 heterocycles. The van der Waals surface area contributed by atoms with Gasteiger partial charge in [0.15, 0.2) is 0 Å². The Hall–Kier alpha value is -0.620. The van der Waals surface area contributed by atoms with Crippen LogP contribution in [0, 0.1) is 11.8 Å². The molecule has 20 heavy (non-hydrogen) atoms. The van der Waals surface area contributed by atoms with Crippen LogP contribution in [0.3, 0.4) is 0 Å². The molecule has 1 amide bonds. The average molecular weight is 304 g/mol. The van der Waals surface area contributed by atoms with E-state index in [1.165, 1.54) is 10.6 Å². The number of sulfonamides is 1. The molecule has 0 aromatic rings. The summed E-state index contributed by atoms with van der Waals surface area (Å²) in [6.45, 7) is 8.55. The second-order valence-electron chi connectivity index (χ2n) is 6.33. The number of carbonyl (C=O) groups excluding carboxylic acids is 1. The maximum absolute atomic E-state index is 12.1. The summed E-state index contributed by atoms with van der Waals surface area (Å²) < 4.78 is 24.8. The zero-order chi connectivity index (χ0) is 15.3. The molecule has 0 atom stereocenters. The van der Waals surface area contributed by atoms with Gasteiger partial charge >= 0.3 is 0 Å². The highest BCUT2D eigenvalue weighted by molar-refractivity contribution is 7.88. The fourth-order valence-corrected chi connectivity index (χ4v) is 3.43. The Kier molecular flexibility index (Phi) is 6.45. The normalized spacial score (nSPS) is 18.0. The van der Waals surface area contributed by atoms with Crippen molar-refractivity contribution < 1.29 is 13.2 Å². The number of nitrogens with zero attached hydrogens (tertiary/aromatic N) is 2. The third-order valence-corrected chi connectivity index (χ3v) is 5.02. The summed E-state index contributed by atoms with van der Waals surface area (Å²) in [5, 5.41) is 0. The van der Waals surface area contributed by atoms with Gasteiger partial charge in [-0.3, -0.25) is 4.79 Å². The highest BCUT2D eigenvalue weighted by Crippen LogP contribution is 2.17. The molecule has 0 unspecified atom stereocenters. The van der Waals surface area contributed by atoms with Gasteiger partial charge in [0.1, 0.15) is 0 Å². The molecular formula is C14H28N2O3S. The number of rotatable bonds is 6. The highest BCUT2D eigenvalue weighted by Gasteiger charge is 2.23. The molecule has 0 aromatic heterocycles. The summed E-state index contributed by atoms with van der Waals surface area (Å²) in [5.74, 6) is 1.03. The molecule has 118 valence electrons. The minimum atomic E-state index is -3.23. The molecule has 1 saturated heterocycles. The van der Waals surface area contributed by atoms with E-state index < -0.39 is 10.0 Å². The molecule has 1 aliphatic rings. The topological polar surface area (TPSA) is 57.7 Å². The van der Waals surface area contributed by atoms with Crippen molar-refractivity contribution in [2.75, 3.05) is 32.4 Å². The Bertz CT molecular complexity index is 412. The van der Waals surface area contributed by atoms with Crippen LogP contribution < -0.4 is 0 Å². The van der Waals surface area contributed by atoms with E-state index in [0.717, 1.165) is 25.9 Å². The Labute approximate surface area is 123 Å². The second kappa shape index (κ2) is 7.41. The van der Waals surface area contributed by atoms with Crippen molar-refractivity contribution in [1.29, 1.82) is 0 Å². The minimum Gasteiger partial charge on any atom is -0.343 e. The maximum Gasteiger partial charge on any atom is 0.223 e. The lowest BCUT2D eigenvalue weighted by atomic mass is 9.99. The number of hydrogen-bond acceptors (Lipinski definition) is 3. The quantitative estimate of drug-likeness (QED) is 0.748. The van der Waals surface area contributed by atoms with E-state index in [2.05, 4.69) is 6.92 Å². The van der Waals surface area contributed by atoms with Crippen LogP contribution in [0.1, 0.15) is 40.0 Å². The van der Waals surface area contributed by atoms with E-state index in [-0.39, 0.29) is 18.2 Å². The van der Waals surface area contributed by atoms with Gasteiger partial charge in [-0.15, -0.1) is 0 Å². The summed E-state index contributed by atoms with van der Waals surface area (Å²) in [4.78, 5) is 14.0. The van der Waals surface area contributed by atoms with E-state index in [1.807, 2.05) is 18.7 Å². The first-order valence-corrected chi connectivity index (χ1v) is 9.28. The van der Waals surface area contributed by atoms with Gasteiger partial charge in [0.05, 0.1) is 6.26 Å². The molecule has 0 spiro atoms. The van der Waals surface area contributed by atoms with Gasteiger partial charge in [0.25, 0.3) is 0 Å². The third kappa shape index (κ3) is 5.79. The van der Waals surface area contributed by atoms with Crippen molar-refractivity contribution in [1.82, 2.24) is 9.21 Å². The monoisotopic (exact) mass is 304 g/mol. The van der Waals surface area contributed by atoms with E-state index in [9.17, 15) is 13.2 Å². The molecule has 6 heteroatoms. The molecule has 0 saturated carbocycles. The fourth-order valence-electron chi connectivity index (χ4n) is 2.44. The number of carbonyl (C=O) groups is 1. The second-order valence-corrected chi connectivity index (χ2v) is 8.31. The lowest BCUT2D eigenvalue weighted by molar-refractivity contribution is -0.132. The highest BCUT2D eigenvalue weighted by atomic mass is 32.2. The van der Waals surface area contributed by atoms with Crippen molar-refractivity contribution in [3.63, 3.8) is 0 Å². The van der Waals surface area contributed by atoms with Crippen LogP contribution in [-0.2, 0) is 14.8 Å². The van der Waals surface area contributed by atoms with Gasteiger partial charge in [-0.25, -0.2) is 12.7 Å². The van der Waals surface area contributed by atoms with Gasteiger partial charge in [-0.05, 0) is 24.7 Å². The van der Waals surface area contributed by atoms with Crippen LogP contribution in [0.15, 0.2) is 0 Å². The average Bonchev–Trinajstić information content (AvgIpc) is 2.33. The Balaban J connectivity index is 2.48. The summed E-state index contributed by atoms with van der Waals surface area (Å²) in [7, 11) is -3.23. The van der Waals surface area contributed by atoms with Crippen molar-refractivity contribution in [2.45, 2.75) is 40.0 Å². The molecule has 1 aliphatic heterocycles. The molecule has 1 fully saturated rings. The standard InChI is InChI=1S/C14H28N2O3S/c1-12(2)11-16(20(4,18)19)10-7-14(17)15-8-5-13(3)6-9-15/h12-13H,5-11H2,1-4H3. The summed E-state index contributed by atoms with van der Waals surface area (Å²) in [5.41, 5.74) is 0. The number of amides is 1. The molecular weight excluding hydrogens is 276 g/mol. The predicted octanol–water partition coefficient (Wildman–Crippen LogP) is 1.55. The summed E-state index contributed by atoms with van der Waals surface area (Å²) in [6, 6.07) is 0. The molecule has 0 bridgehead atoms. The fraction of sp³-hybridized carbons (Fsp3) is 0.929. The largest absolute Gasteiger partial charge is 0.343 e.